The molecule has 0 amide bonds. The SMILES string of the molecule is C=C(C(C)C)[C@H](CNC(C)(C)C)c1ccc(C(F)(F)F)cc1. The van der Waals surface area contributed by atoms with E-state index in [4.69, 9.17) is 0 Å². The van der Waals surface area contributed by atoms with Gasteiger partial charge in [0.2, 0.25) is 0 Å². The third-order valence-corrected chi connectivity index (χ3v) is 3.67. The van der Waals surface area contributed by atoms with Crippen LogP contribution in [0.25, 0.3) is 0 Å². The van der Waals surface area contributed by atoms with E-state index in [2.05, 4.69) is 46.5 Å². The summed E-state index contributed by atoms with van der Waals surface area (Å²) in [6.07, 6.45) is -4.30. The van der Waals surface area contributed by atoms with Crippen molar-refractivity contribution >= 4 is 0 Å². The van der Waals surface area contributed by atoms with Crippen molar-refractivity contribution in [1.29, 1.82) is 0 Å². The van der Waals surface area contributed by atoms with Crippen LogP contribution in [0, 0.1) is 5.92 Å². The zero-order valence-corrected chi connectivity index (χ0v) is 14.0. The van der Waals surface area contributed by atoms with Gasteiger partial charge in [0, 0.05) is 18.0 Å². The Morgan fingerprint density at radius 3 is 1.95 bits per heavy atom. The van der Waals surface area contributed by atoms with Gasteiger partial charge in [0.25, 0.3) is 0 Å². The lowest BCUT2D eigenvalue weighted by Gasteiger charge is -2.28. The Kier molecular flexibility index (Phi) is 5.85. The summed E-state index contributed by atoms with van der Waals surface area (Å²) in [5.74, 6) is 0.274. The van der Waals surface area contributed by atoms with Gasteiger partial charge in [0.05, 0.1) is 5.56 Å². The molecule has 0 spiro atoms. The highest BCUT2D eigenvalue weighted by atomic mass is 19.4. The van der Waals surface area contributed by atoms with E-state index in [-0.39, 0.29) is 17.4 Å². The van der Waals surface area contributed by atoms with Gasteiger partial charge in [-0.1, -0.05) is 38.1 Å². The van der Waals surface area contributed by atoms with Crippen LogP contribution in [0.5, 0.6) is 0 Å². The maximum atomic E-state index is 12.7. The average Bonchev–Trinajstić information content (AvgIpc) is 2.36. The van der Waals surface area contributed by atoms with E-state index in [1.165, 1.54) is 0 Å². The second kappa shape index (κ2) is 6.86. The molecule has 124 valence electrons. The van der Waals surface area contributed by atoms with Crippen LogP contribution in [0.1, 0.15) is 51.7 Å². The average molecular weight is 313 g/mol. The van der Waals surface area contributed by atoms with Crippen LogP contribution in [0.3, 0.4) is 0 Å². The molecule has 1 aromatic rings. The van der Waals surface area contributed by atoms with Gasteiger partial charge in [-0.2, -0.15) is 13.2 Å². The summed E-state index contributed by atoms with van der Waals surface area (Å²) in [5.41, 5.74) is 1.22. The number of alkyl halides is 3. The predicted molar refractivity (Wildman–Crippen MR) is 85.9 cm³/mol. The van der Waals surface area contributed by atoms with Gasteiger partial charge in [-0.15, -0.1) is 0 Å². The lowest BCUT2D eigenvalue weighted by molar-refractivity contribution is -0.137. The second-order valence-electron chi connectivity index (χ2n) is 7.03. The molecule has 0 saturated heterocycles. The molecular weight excluding hydrogens is 287 g/mol. The van der Waals surface area contributed by atoms with Crippen molar-refractivity contribution in [3.63, 3.8) is 0 Å². The van der Waals surface area contributed by atoms with Gasteiger partial charge >= 0.3 is 6.18 Å². The number of hydrogen-bond donors (Lipinski definition) is 1. The van der Waals surface area contributed by atoms with Gasteiger partial charge in [0.1, 0.15) is 0 Å². The third kappa shape index (κ3) is 5.48. The van der Waals surface area contributed by atoms with Gasteiger partial charge in [-0.05, 0) is 44.4 Å². The van der Waals surface area contributed by atoms with E-state index >= 15 is 0 Å². The van der Waals surface area contributed by atoms with Gasteiger partial charge < -0.3 is 5.32 Å². The maximum Gasteiger partial charge on any atom is 0.416 e. The maximum absolute atomic E-state index is 12.7. The lowest BCUT2D eigenvalue weighted by Crippen LogP contribution is -2.39. The Balaban J connectivity index is 3.03. The van der Waals surface area contributed by atoms with Gasteiger partial charge in [-0.3, -0.25) is 0 Å². The molecule has 0 unspecified atom stereocenters. The highest BCUT2D eigenvalue weighted by Crippen LogP contribution is 2.33. The molecule has 0 aliphatic heterocycles. The molecule has 0 bridgehead atoms. The Morgan fingerprint density at radius 2 is 1.59 bits per heavy atom. The van der Waals surface area contributed by atoms with Crippen molar-refractivity contribution in [3.8, 4) is 0 Å². The molecule has 0 aromatic heterocycles. The van der Waals surface area contributed by atoms with E-state index in [9.17, 15) is 13.2 Å². The van der Waals surface area contributed by atoms with E-state index in [1.807, 2.05) is 0 Å². The first-order chi connectivity index (χ1) is 9.92. The minimum atomic E-state index is -4.30. The van der Waals surface area contributed by atoms with Crippen LogP contribution in [0.15, 0.2) is 36.4 Å². The van der Waals surface area contributed by atoms with Gasteiger partial charge in [0.15, 0.2) is 0 Å². The molecule has 0 radical (unpaired) electrons. The number of halogens is 3. The quantitative estimate of drug-likeness (QED) is 0.719. The normalized spacial score (nSPS) is 14.2. The summed E-state index contributed by atoms with van der Waals surface area (Å²) in [4.78, 5) is 0. The number of benzene rings is 1. The van der Waals surface area contributed by atoms with E-state index in [0.29, 0.717) is 6.54 Å². The highest BCUT2D eigenvalue weighted by molar-refractivity contribution is 5.33. The third-order valence-electron chi connectivity index (χ3n) is 3.67. The lowest BCUT2D eigenvalue weighted by atomic mass is 9.85. The molecule has 1 rings (SSSR count). The minimum Gasteiger partial charge on any atom is -0.311 e. The number of rotatable bonds is 5. The first kappa shape index (κ1) is 18.8. The summed E-state index contributed by atoms with van der Waals surface area (Å²) in [5, 5.41) is 3.42. The van der Waals surface area contributed by atoms with Crippen LogP contribution in [0.2, 0.25) is 0 Å². The summed E-state index contributed by atoms with van der Waals surface area (Å²) >= 11 is 0. The van der Waals surface area contributed by atoms with Crippen molar-refractivity contribution in [2.45, 2.75) is 52.3 Å². The van der Waals surface area contributed by atoms with Gasteiger partial charge in [-0.25, -0.2) is 0 Å². The van der Waals surface area contributed by atoms with E-state index in [0.717, 1.165) is 23.3 Å². The zero-order chi connectivity index (χ0) is 17.1. The van der Waals surface area contributed by atoms with Crippen LogP contribution >= 0.6 is 0 Å². The predicted octanol–water partition coefficient (Wildman–Crippen LogP) is 5.39. The molecule has 0 aliphatic carbocycles. The first-order valence-corrected chi connectivity index (χ1v) is 7.52. The Hall–Kier alpha value is -1.29. The van der Waals surface area contributed by atoms with E-state index < -0.39 is 11.7 Å². The molecule has 1 atom stereocenters. The van der Waals surface area contributed by atoms with Crippen LogP contribution in [-0.2, 0) is 6.18 Å². The summed E-state index contributed by atoms with van der Waals surface area (Å²) in [6.45, 7) is 15.1. The molecule has 22 heavy (non-hydrogen) atoms. The molecule has 1 N–H and O–H groups in total. The summed E-state index contributed by atoms with van der Waals surface area (Å²) in [6, 6.07) is 5.41. The smallest absolute Gasteiger partial charge is 0.311 e. The zero-order valence-electron chi connectivity index (χ0n) is 14.0. The Morgan fingerprint density at radius 1 is 1.09 bits per heavy atom. The number of nitrogens with one attached hydrogen (secondary N) is 1. The minimum absolute atomic E-state index is 0.00140. The topological polar surface area (TPSA) is 12.0 Å². The van der Waals surface area contributed by atoms with E-state index in [1.54, 1.807) is 12.1 Å². The molecule has 0 aliphatic rings. The fourth-order valence-corrected chi connectivity index (χ4v) is 2.18. The second-order valence-corrected chi connectivity index (χ2v) is 7.03. The van der Waals surface area contributed by atoms with Crippen molar-refractivity contribution in [2.75, 3.05) is 6.54 Å². The van der Waals surface area contributed by atoms with Crippen molar-refractivity contribution in [1.82, 2.24) is 5.32 Å². The molecular formula is C18H26F3N. The highest BCUT2D eigenvalue weighted by Gasteiger charge is 2.30. The summed E-state index contributed by atoms with van der Waals surface area (Å²) < 4.78 is 38.0. The van der Waals surface area contributed by atoms with Crippen molar-refractivity contribution < 1.29 is 13.2 Å². The summed E-state index contributed by atoms with van der Waals surface area (Å²) in [7, 11) is 0. The molecule has 0 heterocycles. The van der Waals surface area contributed by atoms with Crippen molar-refractivity contribution in [2.24, 2.45) is 5.92 Å². The first-order valence-electron chi connectivity index (χ1n) is 7.52. The molecule has 0 fully saturated rings. The molecule has 1 nitrogen and oxygen atoms in total. The molecule has 4 heteroatoms. The molecule has 1 aromatic carbocycles. The largest absolute Gasteiger partial charge is 0.416 e. The Labute approximate surface area is 131 Å². The van der Waals surface area contributed by atoms with Crippen LogP contribution < -0.4 is 5.32 Å². The molecule has 0 saturated carbocycles. The fraction of sp³-hybridized carbons (Fsp3) is 0.556. The van der Waals surface area contributed by atoms with Crippen LogP contribution in [-0.4, -0.2) is 12.1 Å². The monoisotopic (exact) mass is 313 g/mol. The van der Waals surface area contributed by atoms with Crippen molar-refractivity contribution in [3.05, 3.63) is 47.5 Å². The standard InChI is InChI=1S/C18H26F3N/c1-12(2)13(3)16(11-22-17(4,5)6)14-7-9-15(10-8-14)18(19,20)21/h7-10,12,16,22H,3,11H2,1-2,4-6H3/t16-/m0/s1. The Bertz CT molecular complexity index is 493. The van der Waals surface area contributed by atoms with Crippen LogP contribution in [0.4, 0.5) is 13.2 Å². The fourth-order valence-electron chi connectivity index (χ4n) is 2.18. The number of hydrogen-bond acceptors (Lipinski definition) is 1.